The molecule has 130 valence electrons. The second kappa shape index (κ2) is 7.34. The molecule has 1 saturated heterocycles. The first-order chi connectivity index (χ1) is 11.3. The zero-order chi connectivity index (χ0) is 17.9. The molecule has 1 heterocycles. The maximum atomic E-state index is 12.7. The molecule has 0 aromatic heterocycles. The highest BCUT2D eigenvalue weighted by Crippen LogP contribution is 2.30. The largest absolute Gasteiger partial charge is 0.352 e. The Morgan fingerprint density at radius 1 is 1.42 bits per heavy atom. The molecule has 6 nitrogen and oxygen atoms in total. The van der Waals surface area contributed by atoms with E-state index in [1.807, 2.05) is 19.9 Å². The van der Waals surface area contributed by atoms with Crippen molar-refractivity contribution < 1.29 is 14.4 Å². The number of carbonyl (C=O) groups is 3. The van der Waals surface area contributed by atoms with Crippen molar-refractivity contribution in [2.24, 2.45) is 0 Å². The summed E-state index contributed by atoms with van der Waals surface area (Å²) in [6.07, 6.45) is 1.80. The molecule has 2 rings (SSSR count). The lowest BCUT2D eigenvalue weighted by Crippen LogP contribution is -2.44. The average Bonchev–Trinajstić information content (AvgIpc) is 2.72. The van der Waals surface area contributed by atoms with Crippen molar-refractivity contribution in [3.8, 4) is 0 Å². The van der Waals surface area contributed by atoms with Gasteiger partial charge in [-0.15, -0.1) is 0 Å². The van der Waals surface area contributed by atoms with Crippen molar-refractivity contribution in [1.82, 2.24) is 15.5 Å². The van der Waals surface area contributed by atoms with Crippen molar-refractivity contribution in [2.45, 2.75) is 45.2 Å². The molecule has 2 atom stereocenters. The summed E-state index contributed by atoms with van der Waals surface area (Å²) >= 11 is 3.36. The van der Waals surface area contributed by atoms with E-state index in [1.165, 1.54) is 0 Å². The molecule has 1 fully saturated rings. The van der Waals surface area contributed by atoms with Gasteiger partial charge in [-0.25, -0.2) is 4.79 Å². The zero-order valence-electron chi connectivity index (χ0n) is 14.1. The van der Waals surface area contributed by atoms with Crippen LogP contribution in [0.3, 0.4) is 0 Å². The first kappa shape index (κ1) is 18.4. The summed E-state index contributed by atoms with van der Waals surface area (Å²) in [6, 6.07) is 6.65. The minimum Gasteiger partial charge on any atom is -0.352 e. The quantitative estimate of drug-likeness (QED) is 0.726. The molecule has 0 aliphatic carbocycles. The summed E-state index contributed by atoms with van der Waals surface area (Å²) in [5.41, 5.74) is -0.506. The normalized spacial score (nSPS) is 21.6. The highest BCUT2D eigenvalue weighted by atomic mass is 79.9. The van der Waals surface area contributed by atoms with Crippen LogP contribution in [0.4, 0.5) is 4.79 Å². The molecule has 1 aliphatic heterocycles. The molecule has 0 radical (unpaired) electrons. The van der Waals surface area contributed by atoms with Gasteiger partial charge in [-0.2, -0.15) is 0 Å². The van der Waals surface area contributed by atoms with Gasteiger partial charge in [0.25, 0.3) is 5.91 Å². The minimum atomic E-state index is -1.17. The summed E-state index contributed by atoms with van der Waals surface area (Å²) < 4.78 is 0.813. The van der Waals surface area contributed by atoms with Gasteiger partial charge < -0.3 is 10.6 Å². The van der Waals surface area contributed by atoms with E-state index in [1.54, 1.807) is 25.1 Å². The van der Waals surface area contributed by atoms with E-state index in [4.69, 9.17) is 0 Å². The number of carbonyl (C=O) groups excluding carboxylic acids is 3. The van der Waals surface area contributed by atoms with Crippen LogP contribution in [-0.2, 0) is 15.1 Å². The van der Waals surface area contributed by atoms with Crippen LogP contribution in [0.15, 0.2) is 28.7 Å². The summed E-state index contributed by atoms with van der Waals surface area (Å²) in [5.74, 6) is -0.762. The molecule has 2 unspecified atom stereocenters. The second-order valence-corrected chi connectivity index (χ2v) is 7.13. The molecular formula is C17H22BrN3O3. The topological polar surface area (TPSA) is 78.5 Å². The Morgan fingerprint density at radius 3 is 2.75 bits per heavy atom. The van der Waals surface area contributed by atoms with Crippen molar-refractivity contribution in [2.75, 3.05) is 6.54 Å². The monoisotopic (exact) mass is 395 g/mol. The molecule has 24 heavy (non-hydrogen) atoms. The highest BCUT2D eigenvalue weighted by molar-refractivity contribution is 9.10. The number of urea groups is 1. The van der Waals surface area contributed by atoms with Gasteiger partial charge in [0, 0.05) is 10.5 Å². The number of imide groups is 1. The number of halogens is 1. The van der Waals surface area contributed by atoms with Crippen molar-refractivity contribution >= 4 is 33.8 Å². The van der Waals surface area contributed by atoms with Gasteiger partial charge in [0.05, 0.1) is 0 Å². The zero-order valence-corrected chi connectivity index (χ0v) is 15.6. The van der Waals surface area contributed by atoms with E-state index < -0.39 is 17.5 Å². The summed E-state index contributed by atoms with van der Waals surface area (Å²) in [4.78, 5) is 38.0. The Hall–Kier alpha value is -1.89. The lowest BCUT2D eigenvalue weighted by molar-refractivity contribution is -0.135. The molecule has 0 saturated carbocycles. The van der Waals surface area contributed by atoms with E-state index in [-0.39, 0.29) is 18.5 Å². The van der Waals surface area contributed by atoms with Gasteiger partial charge >= 0.3 is 6.03 Å². The number of nitrogens with zero attached hydrogens (tertiary/aromatic N) is 1. The van der Waals surface area contributed by atoms with Gasteiger partial charge in [-0.05, 0) is 38.0 Å². The number of hydrogen-bond donors (Lipinski definition) is 2. The van der Waals surface area contributed by atoms with Crippen LogP contribution in [-0.4, -0.2) is 35.3 Å². The maximum Gasteiger partial charge on any atom is 0.325 e. The van der Waals surface area contributed by atoms with Crippen molar-refractivity contribution in [1.29, 1.82) is 0 Å². The second-order valence-electron chi connectivity index (χ2n) is 6.21. The molecule has 4 amide bonds. The van der Waals surface area contributed by atoms with Gasteiger partial charge in [0.1, 0.15) is 12.1 Å². The lowest BCUT2D eigenvalue weighted by Gasteiger charge is -2.22. The average molecular weight is 396 g/mol. The first-order valence-electron chi connectivity index (χ1n) is 7.97. The standard InChI is InChI=1S/C17H22BrN3O3/c1-4-6-11(2)19-14(22)10-21-15(23)17(3,20-16(21)24)12-7-5-8-13(18)9-12/h5,7-9,11H,4,6,10H2,1-3H3,(H,19,22)(H,20,24). The van der Waals surface area contributed by atoms with Crippen molar-refractivity contribution in [3.05, 3.63) is 34.3 Å². The maximum absolute atomic E-state index is 12.7. The fraction of sp³-hybridized carbons (Fsp3) is 0.471. The molecule has 2 N–H and O–H groups in total. The molecule has 1 aromatic carbocycles. The van der Waals surface area contributed by atoms with E-state index >= 15 is 0 Å². The first-order valence-corrected chi connectivity index (χ1v) is 8.76. The summed E-state index contributed by atoms with van der Waals surface area (Å²) in [7, 11) is 0. The summed E-state index contributed by atoms with van der Waals surface area (Å²) in [6.45, 7) is 5.30. The minimum absolute atomic E-state index is 0.0136. The van der Waals surface area contributed by atoms with Crippen LogP contribution in [0.1, 0.15) is 39.2 Å². The Labute approximate surface area is 150 Å². The highest BCUT2D eigenvalue weighted by Gasteiger charge is 2.49. The lowest BCUT2D eigenvalue weighted by atomic mass is 9.92. The van der Waals surface area contributed by atoms with Crippen molar-refractivity contribution in [3.63, 3.8) is 0 Å². The Bertz CT molecular complexity index is 664. The van der Waals surface area contributed by atoms with E-state index in [0.717, 1.165) is 22.2 Å². The molecule has 1 aromatic rings. The van der Waals surface area contributed by atoms with Crippen LogP contribution in [0.2, 0.25) is 0 Å². The van der Waals surface area contributed by atoms with E-state index in [0.29, 0.717) is 5.56 Å². The third kappa shape index (κ3) is 3.77. The number of hydrogen-bond acceptors (Lipinski definition) is 3. The third-order valence-electron chi connectivity index (χ3n) is 4.11. The SMILES string of the molecule is CCCC(C)NC(=O)CN1C(=O)NC(C)(c2cccc(Br)c2)C1=O. The number of benzene rings is 1. The fourth-order valence-electron chi connectivity index (χ4n) is 2.80. The Kier molecular flexibility index (Phi) is 5.64. The molecule has 0 bridgehead atoms. The van der Waals surface area contributed by atoms with Crippen LogP contribution >= 0.6 is 15.9 Å². The van der Waals surface area contributed by atoms with Crippen LogP contribution < -0.4 is 10.6 Å². The van der Waals surface area contributed by atoms with E-state index in [2.05, 4.69) is 26.6 Å². The van der Waals surface area contributed by atoms with Gasteiger partial charge in [-0.3, -0.25) is 14.5 Å². The summed E-state index contributed by atoms with van der Waals surface area (Å²) in [5, 5.41) is 5.50. The van der Waals surface area contributed by atoms with Gasteiger partial charge in [0.2, 0.25) is 5.91 Å². The van der Waals surface area contributed by atoms with Crippen LogP contribution in [0.5, 0.6) is 0 Å². The predicted octanol–water partition coefficient (Wildman–Crippen LogP) is 2.52. The Balaban J connectivity index is 2.13. The number of nitrogens with one attached hydrogen (secondary N) is 2. The molecule has 0 spiro atoms. The molecule has 7 heteroatoms. The number of amides is 4. The third-order valence-corrected chi connectivity index (χ3v) is 4.60. The fourth-order valence-corrected chi connectivity index (χ4v) is 3.20. The predicted molar refractivity (Wildman–Crippen MR) is 94.3 cm³/mol. The molecule has 1 aliphatic rings. The van der Waals surface area contributed by atoms with Crippen LogP contribution in [0, 0.1) is 0 Å². The van der Waals surface area contributed by atoms with Crippen LogP contribution in [0.25, 0.3) is 0 Å². The van der Waals surface area contributed by atoms with Gasteiger partial charge in [-0.1, -0.05) is 41.4 Å². The smallest absolute Gasteiger partial charge is 0.325 e. The van der Waals surface area contributed by atoms with E-state index in [9.17, 15) is 14.4 Å². The number of rotatable bonds is 6. The molecular weight excluding hydrogens is 374 g/mol. The van der Waals surface area contributed by atoms with Gasteiger partial charge in [0.15, 0.2) is 0 Å². The Morgan fingerprint density at radius 2 is 2.12 bits per heavy atom.